The highest BCUT2D eigenvalue weighted by atomic mass is 32.1. The standard InChI is InChI=1S/C19H22N2O3S/c1-12(2)21-10-9-14-15(11-21)25-18(16(14)19(23)24-3)20-17(22)13-7-5-4-6-8-13/h4-8,12H,9-11H2,1-3H3,(H,20,22)/p+1. The molecular formula is C19H23N2O3S+. The van der Waals surface area contributed by atoms with Gasteiger partial charge in [0, 0.05) is 12.0 Å². The normalized spacial score (nSPS) is 16.4. The van der Waals surface area contributed by atoms with Crippen LogP contribution in [0.15, 0.2) is 30.3 Å². The fraction of sp³-hybridized carbons (Fsp3) is 0.368. The van der Waals surface area contributed by atoms with E-state index in [9.17, 15) is 9.59 Å². The van der Waals surface area contributed by atoms with Crippen LogP contribution >= 0.6 is 11.3 Å². The Morgan fingerprint density at radius 2 is 1.96 bits per heavy atom. The number of nitrogens with one attached hydrogen (secondary N) is 2. The molecular weight excluding hydrogens is 336 g/mol. The fourth-order valence-electron chi connectivity index (χ4n) is 3.16. The Labute approximate surface area is 151 Å². The molecule has 132 valence electrons. The van der Waals surface area contributed by atoms with Crippen molar-refractivity contribution in [2.45, 2.75) is 32.9 Å². The summed E-state index contributed by atoms with van der Waals surface area (Å²) in [6.07, 6.45) is 0.824. The maximum atomic E-state index is 12.5. The summed E-state index contributed by atoms with van der Waals surface area (Å²) in [6, 6.07) is 9.54. The second kappa shape index (κ2) is 7.37. The molecule has 0 saturated carbocycles. The largest absolute Gasteiger partial charge is 0.465 e. The van der Waals surface area contributed by atoms with Crippen molar-refractivity contribution in [1.29, 1.82) is 0 Å². The summed E-state index contributed by atoms with van der Waals surface area (Å²) in [4.78, 5) is 27.5. The minimum atomic E-state index is -0.381. The van der Waals surface area contributed by atoms with Crippen molar-refractivity contribution >= 4 is 28.2 Å². The maximum Gasteiger partial charge on any atom is 0.341 e. The van der Waals surface area contributed by atoms with E-state index in [2.05, 4.69) is 19.2 Å². The van der Waals surface area contributed by atoms with Crippen LogP contribution in [0.4, 0.5) is 5.00 Å². The van der Waals surface area contributed by atoms with E-state index in [1.54, 1.807) is 12.1 Å². The number of esters is 1. The van der Waals surface area contributed by atoms with Gasteiger partial charge in [-0.3, -0.25) is 4.79 Å². The molecule has 1 atom stereocenters. The molecule has 25 heavy (non-hydrogen) atoms. The summed E-state index contributed by atoms with van der Waals surface area (Å²) >= 11 is 1.50. The van der Waals surface area contributed by atoms with Gasteiger partial charge >= 0.3 is 5.97 Å². The average Bonchev–Trinajstić information content (AvgIpc) is 2.98. The third-order valence-corrected chi connectivity index (χ3v) is 5.79. The molecule has 2 N–H and O–H groups in total. The first-order valence-electron chi connectivity index (χ1n) is 8.45. The number of ether oxygens (including phenoxy) is 1. The number of thiophene rings is 1. The van der Waals surface area contributed by atoms with Crippen molar-refractivity contribution in [2.24, 2.45) is 0 Å². The third-order valence-electron chi connectivity index (χ3n) is 4.64. The Morgan fingerprint density at radius 1 is 1.24 bits per heavy atom. The zero-order valence-corrected chi connectivity index (χ0v) is 15.5. The first-order valence-corrected chi connectivity index (χ1v) is 9.26. The quantitative estimate of drug-likeness (QED) is 0.823. The van der Waals surface area contributed by atoms with E-state index in [-0.39, 0.29) is 11.9 Å². The molecule has 1 aliphatic rings. The van der Waals surface area contributed by atoms with Gasteiger partial charge in [0.1, 0.15) is 11.5 Å². The molecule has 1 unspecified atom stereocenters. The first kappa shape index (κ1) is 17.6. The number of carbonyl (C=O) groups excluding carboxylic acids is 2. The second-order valence-corrected chi connectivity index (χ2v) is 7.61. The van der Waals surface area contributed by atoms with Gasteiger partial charge in [0.25, 0.3) is 5.91 Å². The number of amides is 1. The number of fused-ring (bicyclic) bond motifs is 1. The van der Waals surface area contributed by atoms with Crippen molar-refractivity contribution < 1.29 is 19.2 Å². The summed E-state index contributed by atoms with van der Waals surface area (Å²) in [7, 11) is 1.38. The lowest BCUT2D eigenvalue weighted by Gasteiger charge is -2.27. The van der Waals surface area contributed by atoms with Gasteiger partial charge in [0.15, 0.2) is 0 Å². The van der Waals surface area contributed by atoms with Crippen molar-refractivity contribution in [1.82, 2.24) is 0 Å². The van der Waals surface area contributed by atoms with E-state index in [0.717, 1.165) is 25.1 Å². The topological polar surface area (TPSA) is 59.8 Å². The van der Waals surface area contributed by atoms with E-state index in [1.165, 1.54) is 28.2 Å². The van der Waals surface area contributed by atoms with Crippen molar-refractivity contribution in [3.63, 3.8) is 0 Å². The van der Waals surface area contributed by atoms with Gasteiger partial charge in [-0.2, -0.15) is 0 Å². The molecule has 6 heteroatoms. The molecule has 0 bridgehead atoms. The lowest BCUT2D eigenvalue weighted by molar-refractivity contribution is -0.936. The van der Waals surface area contributed by atoms with Crippen LogP contribution in [-0.4, -0.2) is 31.6 Å². The van der Waals surface area contributed by atoms with Crippen LogP contribution in [-0.2, 0) is 17.7 Å². The fourth-order valence-corrected chi connectivity index (χ4v) is 4.45. The molecule has 0 saturated heterocycles. The van der Waals surface area contributed by atoms with Gasteiger partial charge in [0.05, 0.1) is 30.1 Å². The van der Waals surface area contributed by atoms with Crippen LogP contribution in [0, 0.1) is 0 Å². The number of anilines is 1. The molecule has 1 amide bonds. The highest BCUT2D eigenvalue weighted by molar-refractivity contribution is 7.17. The zero-order valence-electron chi connectivity index (χ0n) is 14.7. The predicted molar refractivity (Wildman–Crippen MR) is 98.4 cm³/mol. The first-order chi connectivity index (χ1) is 12.0. The molecule has 5 nitrogen and oxygen atoms in total. The molecule has 0 aliphatic carbocycles. The molecule has 1 aromatic heterocycles. The monoisotopic (exact) mass is 359 g/mol. The van der Waals surface area contributed by atoms with E-state index in [0.29, 0.717) is 22.2 Å². The summed E-state index contributed by atoms with van der Waals surface area (Å²) in [5, 5.41) is 3.51. The van der Waals surface area contributed by atoms with Crippen LogP contribution in [0.5, 0.6) is 0 Å². The van der Waals surface area contributed by atoms with Crippen LogP contribution in [0.2, 0.25) is 0 Å². The Balaban J connectivity index is 1.93. The minimum absolute atomic E-state index is 0.211. The Morgan fingerprint density at radius 3 is 2.60 bits per heavy atom. The van der Waals surface area contributed by atoms with E-state index in [1.807, 2.05) is 18.2 Å². The smallest absolute Gasteiger partial charge is 0.341 e. The Hall–Kier alpha value is -2.18. The average molecular weight is 359 g/mol. The summed E-state index contributed by atoms with van der Waals surface area (Å²) in [5.74, 6) is -0.591. The minimum Gasteiger partial charge on any atom is -0.465 e. The summed E-state index contributed by atoms with van der Waals surface area (Å²) in [6.45, 7) is 6.26. The van der Waals surface area contributed by atoms with Crippen molar-refractivity contribution in [3.05, 3.63) is 51.9 Å². The lowest BCUT2D eigenvalue weighted by atomic mass is 10.0. The molecule has 0 fully saturated rings. The molecule has 3 rings (SSSR count). The van der Waals surface area contributed by atoms with Gasteiger partial charge in [-0.25, -0.2) is 4.79 Å². The summed E-state index contributed by atoms with van der Waals surface area (Å²) in [5.41, 5.74) is 2.12. The molecule has 2 aromatic rings. The van der Waals surface area contributed by atoms with E-state index < -0.39 is 0 Å². The van der Waals surface area contributed by atoms with Crippen LogP contribution in [0.25, 0.3) is 0 Å². The van der Waals surface area contributed by atoms with Crippen molar-refractivity contribution in [2.75, 3.05) is 19.0 Å². The number of benzene rings is 1. The van der Waals surface area contributed by atoms with Gasteiger partial charge in [-0.1, -0.05) is 18.2 Å². The van der Waals surface area contributed by atoms with Crippen LogP contribution in [0.3, 0.4) is 0 Å². The molecule has 0 spiro atoms. The highest BCUT2D eigenvalue weighted by Gasteiger charge is 2.31. The molecule has 1 aliphatic heterocycles. The number of carbonyl (C=O) groups is 2. The zero-order chi connectivity index (χ0) is 18.0. The number of methoxy groups -OCH3 is 1. The van der Waals surface area contributed by atoms with Gasteiger partial charge < -0.3 is 15.0 Å². The van der Waals surface area contributed by atoms with E-state index in [4.69, 9.17) is 4.74 Å². The predicted octanol–water partition coefficient (Wildman–Crippen LogP) is 2.14. The number of quaternary nitrogens is 1. The van der Waals surface area contributed by atoms with E-state index >= 15 is 0 Å². The second-order valence-electron chi connectivity index (χ2n) is 6.51. The van der Waals surface area contributed by atoms with Gasteiger partial charge in [0.2, 0.25) is 0 Å². The maximum absolute atomic E-state index is 12.5. The Bertz CT molecular complexity index is 783. The number of hydrogen-bond donors (Lipinski definition) is 2. The summed E-state index contributed by atoms with van der Waals surface area (Å²) < 4.78 is 4.97. The van der Waals surface area contributed by atoms with Crippen LogP contribution < -0.4 is 10.2 Å². The SMILES string of the molecule is COC(=O)c1c(NC(=O)c2ccccc2)sc2c1CC[NH+](C(C)C)C2. The van der Waals surface area contributed by atoms with Gasteiger partial charge in [-0.05, 0) is 31.5 Å². The Kier molecular flexibility index (Phi) is 5.20. The number of hydrogen-bond acceptors (Lipinski definition) is 4. The molecule has 0 radical (unpaired) electrons. The lowest BCUT2D eigenvalue weighted by Crippen LogP contribution is -3.14. The third kappa shape index (κ3) is 3.60. The van der Waals surface area contributed by atoms with Crippen LogP contribution in [0.1, 0.15) is 45.0 Å². The van der Waals surface area contributed by atoms with Gasteiger partial charge in [-0.15, -0.1) is 11.3 Å². The van der Waals surface area contributed by atoms with Crippen molar-refractivity contribution in [3.8, 4) is 0 Å². The highest BCUT2D eigenvalue weighted by Crippen LogP contribution is 2.35. The number of rotatable bonds is 4. The molecule has 2 heterocycles. The molecule has 1 aromatic carbocycles.